The summed E-state index contributed by atoms with van der Waals surface area (Å²) < 4.78 is 0. The smallest absolute Gasteiger partial charge is 0.240 e. The molecule has 0 aromatic carbocycles. The highest BCUT2D eigenvalue weighted by molar-refractivity contribution is 7.99. The molecule has 5 heteroatoms. The average Bonchev–Trinajstić information content (AvgIpc) is 2.86. The first-order valence-corrected chi connectivity index (χ1v) is 8.18. The second kappa shape index (κ2) is 6.78. The maximum atomic E-state index is 12.3. The van der Waals surface area contributed by atoms with Gasteiger partial charge >= 0.3 is 0 Å². The summed E-state index contributed by atoms with van der Waals surface area (Å²) in [6, 6.07) is 0.602. The SMILES string of the molecule is CCN1CCCC1CN(C)C(=O)C1CSCCN1. The Hall–Kier alpha value is -0.260. The molecule has 0 bridgehead atoms. The minimum atomic E-state index is 0.0326. The molecule has 2 rings (SSSR count). The second-order valence-corrected chi connectivity index (χ2v) is 6.37. The lowest BCUT2D eigenvalue weighted by Gasteiger charge is -2.31. The third-order valence-corrected chi connectivity index (χ3v) is 5.05. The van der Waals surface area contributed by atoms with E-state index in [2.05, 4.69) is 17.1 Å². The molecule has 2 fully saturated rings. The van der Waals surface area contributed by atoms with Gasteiger partial charge in [0.25, 0.3) is 0 Å². The number of rotatable bonds is 4. The third kappa shape index (κ3) is 3.39. The maximum Gasteiger partial charge on any atom is 0.240 e. The van der Waals surface area contributed by atoms with Crippen molar-refractivity contribution in [2.75, 3.05) is 44.7 Å². The molecule has 2 aliphatic heterocycles. The number of hydrogen-bond donors (Lipinski definition) is 1. The van der Waals surface area contributed by atoms with Crippen LogP contribution >= 0.6 is 11.8 Å². The van der Waals surface area contributed by atoms with E-state index < -0.39 is 0 Å². The van der Waals surface area contributed by atoms with E-state index >= 15 is 0 Å². The second-order valence-electron chi connectivity index (χ2n) is 5.23. The first kappa shape index (κ1) is 14.2. The predicted molar refractivity (Wildman–Crippen MR) is 77.0 cm³/mol. The van der Waals surface area contributed by atoms with E-state index in [4.69, 9.17) is 0 Å². The average molecular weight is 271 g/mol. The molecular weight excluding hydrogens is 246 g/mol. The molecule has 0 aromatic rings. The number of amides is 1. The highest BCUT2D eigenvalue weighted by Gasteiger charge is 2.29. The minimum absolute atomic E-state index is 0.0326. The Morgan fingerprint density at radius 2 is 2.39 bits per heavy atom. The van der Waals surface area contributed by atoms with Crippen LogP contribution in [0.25, 0.3) is 0 Å². The number of thioether (sulfide) groups is 1. The first-order valence-electron chi connectivity index (χ1n) is 7.02. The fourth-order valence-corrected chi connectivity index (χ4v) is 3.84. The van der Waals surface area contributed by atoms with Crippen LogP contribution in [-0.2, 0) is 4.79 Å². The molecule has 2 heterocycles. The van der Waals surface area contributed by atoms with Crippen molar-refractivity contribution in [1.29, 1.82) is 0 Å². The molecule has 2 atom stereocenters. The van der Waals surface area contributed by atoms with Gasteiger partial charge in [-0.05, 0) is 25.9 Å². The first-order chi connectivity index (χ1) is 8.72. The van der Waals surface area contributed by atoms with Crippen LogP contribution in [0.15, 0.2) is 0 Å². The lowest BCUT2D eigenvalue weighted by atomic mass is 10.2. The number of hydrogen-bond acceptors (Lipinski definition) is 4. The Balaban J connectivity index is 1.82. The van der Waals surface area contributed by atoms with Gasteiger partial charge in [0.2, 0.25) is 5.91 Å². The minimum Gasteiger partial charge on any atom is -0.343 e. The van der Waals surface area contributed by atoms with Gasteiger partial charge in [0.1, 0.15) is 0 Å². The van der Waals surface area contributed by atoms with Crippen LogP contribution in [0.3, 0.4) is 0 Å². The number of nitrogens with one attached hydrogen (secondary N) is 1. The lowest BCUT2D eigenvalue weighted by molar-refractivity contribution is -0.132. The standard InChI is InChI=1S/C13H25N3OS/c1-3-16-7-4-5-11(16)9-15(2)13(17)12-10-18-8-6-14-12/h11-12,14H,3-10H2,1-2H3. The van der Waals surface area contributed by atoms with Crippen molar-refractivity contribution < 1.29 is 4.79 Å². The molecular formula is C13H25N3OS. The highest BCUT2D eigenvalue weighted by Crippen LogP contribution is 2.18. The van der Waals surface area contributed by atoms with Gasteiger partial charge in [-0.1, -0.05) is 6.92 Å². The molecule has 1 N–H and O–H groups in total. The lowest BCUT2D eigenvalue weighted by Crippen LogP contribution is -2.51. The van der Waals surface area contributed by atoms with Crippen LogP contribution in [-0.4, -0.2) is 72.5 Å². The van der Waals surface area contributed by atoms with Gasteiger partial charge < -0.3 is 10.2 Å². The Labute approximate surface area is 114 Å². The van der Waals surface area contributed by atoms with Gasteiger partial charge in [-0.2, -0.15) is 11.8 Å². The molecule has 18 heavy (non-hydrogen) atoms. The van der Waals surface area contributed by atoms with Crippen molar-refractivity contribution in [2.45, 2.75) is 31.8 Å². The molecule has 0 aliphatic carbocycles. The van der Waals surface area contributed by atoms with Crippen LogP contribution in [0, 0.1) is 0 Å². The number of nitrogens with zero attached hydrogens (tertiary/aromatic N) is 2. The summed E-state index contributed by atoms with van der Waals surface area (Å²) >= 11 is 1.88. The summed E-state index contributed by atoms with van der Waals surface area (Å²) in [5.74, 6) is 2.32. The third-order valence-electron chi connectivity index (χ3n) is 3.99. The van der Waals surface area contributed by atoms with E-state index in [1.807, 2.05) is 23.7 Å². The Morgan fingerprint density at radius 3 is 3.06 bits per heavy atom. The van der Waals surface area contributed by atoms with Gasteiger partial charge in [-0.15, -0.1) is 0 Å². The summed E-state index contributed by atoms with van der Waals surface area (Å²) in [5.41, 5.74) is 0. The summed E-state index contributed by atoms with van der Waals surface area (Å²) in [6.45, 7) is 6.35. The summed E-state index contributed by atoms with van der Waals surface area (Å²) in [5, 5.41) is 3.32. The van der Waals surface area contributed by atoms with Crippen molar-refractivity contribution >= 4 is 17.7 Å². The molecule has 2 unspecified atom stereocenters. The fraction of sp³-hybridized carbons (Fsp3) is 0.923. The van der Waals surface area contributed by atoms with E-state index in [0.29, 0.717) is 6.04 Å². The quantitative estimate of drug-likeness (QED) is 0.814. The maximum absolute atomic E-state index is 12.3. The van der Waals surface area contributed by atoms with Crippen molar-refractivity contribution in [2.24, 2.45) is 0 Å². The Morgan fingerprint density at radius 1 is 1.56 bits per heavy atom. The Kier molecular flexibility index (Phi) is 5.33. The van der Waals surface area contributed by atoms with E-state index in [9.17, 15) is 4.79 Å². The van der Waals surface area contributed by atoms with Gasteiger partial charge in [0.05, 0.1) is 6.04 Å². The predicted octanol–water partition coefficient (Wildman–Crippen LogP) is 0.634. The zero-order valence-corrected chi connectivity index (χ0v) is 12.3. The van der Waals surface area contributed by atoms with Gasteiger partial charge in [-0.3, -0.25) is 9.69 Å². The molecule has 2 aliphatic rings. The number of likely N-dealkylation sites (tertiary alicyclic amines) is 1. The molecule has 2 saturated heterocycles. The fourth-order valence-electron chi connectivity index (χ4n) is 2.91. The van der Waals surface area contributed by atoms with E-state index in [1.165, 1.54) is 19.4 Å². The van der Waals surface area contributed by atoms with E-state index in [1.54, 1.807) is 0 Å². The van der Waals surface area contributed by atoms with Crippen molar-refractivity contribution in [3.8, 4) is 0 Å². The van der Waals surface area contributed by atoms with Crippen molar-refractivity contribution in [3.63, 3.8) is 0 Å². The summed E-state index contributed by atoms with van der Waals surface area (Å²) in [7, 11) is 1.95. The normalized spacial score (nSPS) is 29.4. The summed E-state index contributed by atoms with van der Waals surface area (Å²) in [6.07, 6.45) is 2.51. The highest BCUT2D eigenvalue weighted by atomic mass is 32.2. The molecule has 104 valence electrons. The monoisotopic (exact) mass is 271 g/mol. The number of carbonyl (C=O) groups excluding carboxylic acids is 1. The summed E-state index contributed by atoms with van der Waals surface area (Å²) in [4.78, 5) is 16.7. The molecule has 0 spiro atoms. The van der Waals surface area contributed by atoms with Crippen LogP contribution in [0.2, 0.25) is 0 Å². The van der Waals surface area contributed by atoms with Crippen LogP contribution in [0.1, 0.15) is 19.8 Å². The number of likely N-dealkylation sites (N-methyl/N-ethyl adjacent to an activating group) is 2. The van der Waals surface area contributed by atoms with E-state index in [0.717, 1.165) is 31.1 Å². The van der Waals surface area contributed by atoms with Gasteiger partial charge in [0.15, 0.2) is 0 Å². The number of carbonyl (C=O) groups is 1. The molecule has 1 amide bonds. The van der Waals surface area contributed by atoms with E-state index in [-0.39, 0.29) is 11.9 Å². The molecule has 0 radical (unpaired) electrons. The zero-order valence-electron chi connectivity index (χ0n) is 11.5. The van der Waals surface area contributed by atoms with Gasteiger partial charge in [0, 0.05) is 37.7 Å². The topological polar surface area (TPSA) is 35.6 Å². The molecule has 4 nitrogen and oxygen atoms in total. The van der Waals surface area contributed by atoms with Crippen LogP contribution in [0.4, 0.5) is 0 Å². The van der Waals surface area contributed by atoms with Crippen molar-refractivity contribution in [3.05, 3.63) is 0 Å². The van der Waals surface area contributed by atoms with Crippen molar-refractivity contribution in [1.82, 2.24) is 15.1 Å². The zero-order chi connectivity index (χ0) is 13.0. The van der Waals surface area contributed by atoms with Crippen LogP contribution < -0.4 is 5.32 Å². The van der Waals surface area contributed by atoms with Crippen LogP contribution in [0.5, 0.6) is 0 Å². The molecule has 0 saturated carbocycles. The Bertz CT molecular complexity index is 281. The molecule has 0 aromatic heterocycles. The largest absolute Gasteiger partial charge is 0.343 e. The van der Waals surface area contributed by atoms with Gasteiger partial charge in [-0.25, -0.2) is 0 Å².